The number of hydrogen-bond donors (Lipinski definition) is 1. The maximum absolute atomic E-state index is 13.4. The van der Waals surface area contributed by atoms with Gasteiger partial charge in [0.25, 0.3) is 0 Å². The minimum absolute atomic E-state index is 0.190. The molecule has 0 heterocycles. The second-order valence-corrected chi connectivity index (χ2v) is 10.5. The van der Waals surface area contributed by atoms with E-state index in [1.807, 2.05) is 38.1 Å². The highest BCUT2D eigenvalue weighted by Crippen LogP contribution is 2.25. The second kappa shape index (κ2) is 11.0. The van der Waals surface area contributed by atoms with Crippen LogP contribution in [-0.2, 0) is 26.2 Å². The summed E-state index contributed by atoms with van der Waals surface area (Å²) >= 11 is 3.41. The van der Waals surface area contributed by atoms with Crippen LogP contribution in [0.15, 0.2) is 46.9 Å². The molecule has 2 aromatic rings. The number of benzene rings is 2. The fraction of sp³-hybridized carbons (Fsp3) is 0.391. The lowest BCUT2D eigenvalue weighted by Crippen LogP contribution is -2.51. The quantitative estimate of drug-likeness (QED) is 0.545. The minimum Gasteiger partial charge on any atom is -0.355 e. The molecule has 0 bridgehead atoms. The number of amides is 2. The SMILES string of the molecule is CCNC(=O)[C@H](C)N(Cc1cccc(C)c1)C(=O)CN(c1ccc(Br)c(C)c1)S(C)(=O)=O. The smallest absolute Gasteiger partial charge is 0.244 e. The van der Waals surface area contributed by atoms with Gasteiger partial charge in [0.15, 0.2) is 0 Å². The number of hydrogen-bond acceptors (Lipinski definition) is 4. The molecule has 0 saturated heterocycles. The molecular weight excluding hydrogens is 494 g/mol. The molecule has 0 aromatic heterocycles. The van der Waals surface area contributed by atoms with Gasteiger partial charge in [0, 0.05) is 17.6 Å². The molecule has 0 radical (unpaired) electrons. The van der Waals surface area contributed by atoms with Gasteiger partial charge in [-0.2, -0.15) is 0 Å². The Labute approximate surface area is 199 Å². The van der Waals surface area contributed by atoms with E-state index in [0.717, 1.165) is 31.7 Å². The van der Waals surface area contributed by atoms with Crippen molar-refractivity contribution in [2.75, 3.05) is 23.7 Å². The summed E-state index contributed by atoms with van der Waals surface area (Å²) in [5.74, 6) is -0.754. The molecule has 0 saturated carbocycles. The van der Waals surface area contributed by atoms with Crippen LogP contribution in [0.2, 0.25) is 0 Å². The molecule has 0 spiro atoms. The van der Waals surface area contributed by atoms with E-state index < -0.39 is 28.5 Å². The predicted molar refractivity (Wildman–Crippen MR) is 131 cm³/mol. The molecule has 7 nitrogen and oxygen atoms in total. The summed E-state index contributed by atoms with van der Waals surface area (Å²) in [4.78, 5) is 27.4. The lowest BCUT2D eigenvalue weighted by Gasteiger charge is -2.31. The summed E-state index contributed by atoms with van der Waals surface area (Å²) in [6.45, 7) is 7.46. The van der Waals surface area contributed by atoms with Crippen LogP contribution in [-0.4, -0.2) is 50.5 Å². The molecule has 0 unspecified atom stereocenters. The van der Waals surface area contributed by atoms with Crippen LogP contribution >= 0.6 is 15.9 Å². The number of halogens is 1. The van der Waals surface area contributed by atoms with Crippen LogP contribution in [0.3, 0.4) is 0 Å². The minimum atomic E-state index is -3.74. The van der Waals surface area contributed by atoms with Crippen molar-refractivity contribution in [1.29, 1.82) is 0 Å². The summed E-state index contributed by atoms with van der Waals surface area (Å²) in [7, 11) is -3.74. The van der Waals surface area contributed by atoms with E-state index >= 15 is 0 Å². The third kappa shape index (κ3) is 6.80. The van der Waals surface area contributed by atoms with E-state index in [1.165, 1.54) is 4.90 Å². The molecule has 174 valence electrons. The third-order valence-corrected chi connectivity index (χ3v) is 7.09. The number of rotatable bonds is 9. The molecule has 0 fully saturated rings. The Morgan fingerprint density at radius 3 is 2.38 bits per heavy atom. The maximum Gasteiger partial charge on any atom is 0.244 e. The van der Waals surface area contributed by atoms with E-state index in [2.05, 4.69) is 21.2 Å². The highest BCUT2D eigenvalue weighted by molar-refractivity contribution is 9.10. The van der Waals surface area contributed by atoms with Gasteiger partial charge in [-0.15, -0.1) is 0 Å². The zero-order chi connectivity index (χ0) is 24.1. The first kappa shape index (κ1) is 25.9. The Kier molecular flexibility index (Phi) is 8.86. The number of aryl methyl sites for hydroxylation is 2. The molecule has 9 heteroatoms. The van der Waals surface area contributed by atoms with E-state index in [-0.39, 0.29) is 12.5 Å². The van der Waals surface area contributed by atoms with E-state index in [1.54, 1.807) is 32.0 Å². The van der Waals surface area contributed by atoms with Crippen molar-refractivity contribution in [1.82, 2.24) is 10.2 Å². The van der Waals surface area contributed by atoms with Crippen molar-refractivity contribution in [2.45, 2.75) is 40.3 Å². The summed E-state index contributed by atoms with van der Waals surface area (Å²) in [5.41, 5.74) is 3.13. The Morgan fingerprint density at radius 2 is 1.81 bits per heavy atom. The van der Waals surface area contributed by atoms with Crippen molar-refractivity contribution in [3.05, 3.63) is 63.6 Å². The molecule has 0 aliphatic rings. The molecule has 1 N–H and O–H groups in total. The molecule has 2 amide bonds. The van der Waals surface area contributed by atoms with E-state index in [0.29, 0.717) is 12.2 Å². The van der Waals surface area contributed by atoms with E-state index in [9.17, 15) is 18.0 Å². The summed E-state index contributed by atoms with van der Waals surface area (Å²) in [6.07, 6.45) is 1.07. The molecule has 32 heavy (non-hydrogen) atoms. The predicted octanol–water partition coefficient (Wildman–Crippen LogP) is 3.39. The Morgan fingerprint density at radius 1 is 1.12 bits per heavy atom. The van der Waals surface area contributed by atoms with Crippen LogP contribution < -0.4 is 9.62 Å². The number of likely N-dealkylation sites (N-methyl/N-ethyl adjacent to an activating group) is 1. The van der Waals surface area contributed by atoms with Gasteiger partial charge in [-0.25, -0.2) is 8.42 Å². The zero-order valence-corrected chi connectivity index (χ0v) is 21.5. The lowest BCUT2D eigenvalue weighted by atomic mass is 10.1. The first-order valence-corrected chi connectivity index (χ1v) is 12.9. The highest BCUT2D eigenvalue weighted by Gasteiger charge is 2.30. The molecule has 1 atom stereocenters. The number of anilines is 1. The summed E-state index contributed by atoms with van der Waals surface area (Å²) in [5, 5.41) is 2.74. The van der Waals surface area contributed by atoms with Crippen LogP contribution in [0, 0.1) is 13.8 Å². The van der Waals surface area contributed by atoms with Gasteiger partial charge in [0.05, 0.1) is 11.9 Å². The highest BCUT2D eigenvalue weighted by atomic mass is 79.9. The average Bonchev–Trinajstić information content (AvgIpc) is 2.71. The number of sulfonamides is 1. The van der Waals surface area contributed by atoms with Gasteiger partial charge < -0.3 is 10.2 Å². The normalized spacial score (nSPS) is 12.2. The average molecular weight is 524 g/mol. The molecule has 0 aliphatic carbocycles. The summed E-state index contributed by atoms with van der Waals surface area (Å²) in [6, 6.07) is 12.0. The Hall–Kier alpha value is -2.39. The van der Waals surface area contributed by atoms with Crippen molar-refractivity contribution in [3.63, 3.8) is 0 Å². The second-order valence-electron chi connectivity index (χ2n) is 7.78. The van der Waals surface area contributed by atoms with Crippen molar-refractivity contribution >= 4 is 43.5 Å². The standard InChI is InChI=1S/C23H30BrN3O4S/c1-6-25-23(29)18(4)26(14-19-9-7-8-16(2)12-19)22(28)15-27(32(5,30)31)20-10-11-21(24)17(3)13-20/h7-13,18H,6,14-15H2,1-5H3,(H,25,29)/t18-/m0/s1. The zero-order valence-electron chi connectivity index (χ0n) is 19.1. The van der Waals surface area contributed by atoms with Crippen molar-refractivity contribution < 1.29 is 18.0 Å². The lowest BCUT2D eigenvalue weighted by molar-refractivity contribution is -0.139. The van der Waals surface area contributed by atoms with Gasteiger partial charge in [-0.05, 0) is 57.0 Å². The molecular formula is C23H30BrN3O4S. The first-order chi connectivity index (χ1) is 14.9. The van der Waals surface area contributed by atoms with Crippen LogP contribution in [0.4, 0.5) is 5.69 Å². The Balaban J connectivity index is 2.40. The van der Waals surface area contributed by atoms with Crippen molar-refractivity contribution in [2.24, 2.45) is 0 Å². The molecule has 2 aromatic carbocycles. The van der Waals surface area contributed by atoms with Gasteiger partial charge >= 0.3 is 0 Å². The number of carbonyl (C=O) groups excluding carboxylic acids is 2. The first-order valence-electron chi connectivity index (χ1n) is 10.3. The molecule has 2 rings (SSSR count). The van der Waals surface area contributed by atoms with Gasteiger partial charge in [0.2, 0.25) is 21.8 Å². The third-order valence-electron chi connectivity index (χ3n) is 5.06. The number of nitrogens with zero attached hydrogens (tertiary/aromatic N) is 2. The fourth-order valence-corrected chi connectivity index (χ4v) is 4.40. The van der Waals surface area contributed by atoms with Gasteiger partial charge in [0.1, 0.15) is 12.6 Å². The van der Waals surface area contributed by atoms with Gasteiger partial charge in [-0.3, -0.25) is 13.9 Å². The number of carbonyl (C=O) groups is 2. The van der Waals surface area contributed by atoms with Crippen LogP contribution in [0.1, 0.15) is 30.5 Å². The fourth-order valence-electron chi connectivity index (χ4n) is 3.31. The van der Waals surface area contributed by atoms with E-state index in [4.69, 9.17) is 0 Å². The van der Waals surface area contributed by atoms with Crippen LogP contribution in [0.5, 0.6) is 0 Å². The largest absolute Gasteiger partial charge is 0.355 e. The molecule has 0 aliphatic heterocycles. The Bertz CT molecular complexity index is 1090. The topological polar surface area (TPSA) is 86.8 Å². The van der Waals surface area contributed by atoms with Crippen LogP contribution in [0.25, 0.3) is 0 Å². The number of nitrogens with one attached hydrogen (secondary N) is 1. The maximum atomic E-state index is 13.4. The summed E-state index contributed by atoms with van der Waals surface area (Å²) < 4.78 is 27.0. The van der Waals surface area contributed by atoms with Crippen molar-refractivity contribution in [3.8, 4) is 0 Å². The monoisotopic (exact) mass is 523 g/mol. The van der Waals surface area contributed by atoms with Gasteiger partial charge in [-0.1, -0.05) is 45.8 Å².